The molecule has 0 spiro atoms. The lowest BCUT2D eigenvalue weighted by Gasteiger charge is -2.57. The van der Waals surface area contributed by atoms with Crippen molar-refractivity contribution in [2.75, 3.05) is 4.90 Å². The summed E-state index contributed by atoms with van der Waals surface area (Å²) >= 11 is 0. The summed E-state index contributed by atoms with van der Waals surface area (Å²) in [7, 11) is 0. The molecule has 0 amide bonds. The van der Waals surface area contributed by atoms with Crippen LogP contribution in [0.1, 0.15) is 59.8 Å². The van der Waals surface area contributed by atoms with E-state index in [1.807, 2.05) is 6.07 Å². The Morgan fingerprint density at radius 1 is 0.808 bits per heavy atom. The van der Waals surface area contributed by atoms with Crippen molar-refractivity contribution in [3.05, 3.63) is 30.3 Å². The molecular formula is C23H31NO2. The van der Waals surface area contributed by atoms with Crippen LogP contribution in [0.4, 0.5) is 5.69 Å². The second-order valence-electron chi connectivity index (χ2n) is 10.3. The molecular weight excluding hydrogens is 322 g/mol. The zero-order chi connectivity index (χ0) is 18.7. The van der Waals surface area contributed by atoms with Gasteiger partial charge in [0, 0.05) is 42.4 Å². The number of para-hydroxylation sites is 1. The molecule has 140 valence electrons. The van der Waals surface area contributed by atoms with Crippen molar-refractivity contribution >= 4 is 17.3 Å². The molecule has 3 aliphatic rings. The molecule has 4 unspecified atom stereocenters. The number of rotatable bonds is 1. The van der Waals surface area contributed by atoms with Gasteiger partial charge in [-0.3, -0.25) is 9.59 Å². The minimum atomic E-state index is 0.00893. The molecule has 4 rings (SSSR count). The van der Waals surface area contributed by atoms with Crippen molar-refractivity contribution < 1.29 is 9.59 Å². The van der Waals surface area contributed by atoms with E-state index in [0.717, 1.165) is 19.3 Å². The van der Waals surface area contributed by atoms with Gasteiger partial charge in [-0.15, -0.1) is 0 Å². The summed E-state index contributed by atoms with van der Waals surface area (Å²) in [6.07, 6.45) is 4.11. The fourth-order valence-electron chi connectivity index (χ4n) is 5.86. The number of piperidine rings is 1. The fraction of sp³-hybridized carbons (Fsp3) is 0.652. The lowest BCUT2D eigenvalue weighted by molar-refractivity contribution is -0.136. The first-order valence-electron chi connectivity index (χ1n) is 10.1. The summed E-state index contributed by atoms with van der Waals surface area (Å²) in [6.45, 7) is 8.86. The van der Waals surface area contributed by atoms with Crippen LogP contribution < -0.4 is 4.90 Å². The Labute approximate surface area is 157 Å². The Hall–Kier alpha value is -1.64. The van der Waals surface area contributed by atoms with Gasteiger partial charge in [-0.2, -0.15) is 0 Å². The predicted molar refractivity (Wildman–Crippen MR) is 104 cm³/mol. The average Bonchev–Trinajstić information content (AvgIpc) is 2.52. The second kappa shape index (κ2) is 5.94. The highest BCUT2D eigenvalue weighted by molar-refractivity contribution is 5.88. The Balaban J connectivity index is 1.80. The smallest absolute Gasteiger partial charge is 0.138 e. The van der Waals surface area contributed by atoms with Crippen molar-refractivity contribution in [3.8, 4) is 0 Å². The van der Waals surface area contributed by atoms with Crippen LogP contribution in [0.5, 0.6) is 0 Å². The monoisotopic (exact) mass is 353 g/mol. The van der Waals surface area contributed by atoms with Crippen molar-refractivity contribution in [2.45, 2.75) is 71.9 Å². The first-order chi connectivity index (χ1) is 12.2. The molecule has 0 bridgehead atoms. The molecule has 3 fully saturated rings. The zero-order valence-corrected chi connectivity index (χ0v) is 16.5. The number of hydrogen-bond acceptors (Lipinski definition) is 3. The van der Waals surface area contributed by atoms with E-state index in [1.165, 1.54) is 5.69 Å². The number of benzene rings is 1. The normalized spacial score (nSPS) is 35.6. The van der Waals surface area contributed by atoms with Gasteiger partial charge in [-0.1, -0.05) is 45.9 Å². The van der Waals surface area contributed by atoms with E-state index in [-0.39, 0.29) is 34.7 Å². The van der Waals surface area contributed by atoms with E-state index < -0.39 is 0 Å². The van der Waals surface area contributed by atoms with Gasteiger partial charge in [-0.05, 0) is 42.2 Å². The van der Waals surface area contributed by atoms with Gasteiger partial charge in [0.05, 0.1) is 0 Å². The first kappa shape index (κ1) is 17.8. The number of carbonyl (C=O) groups is 2. The van der Waals surface area contributed by atoms with Crippen LogP contribution in [0.3, 0.4) is 0 Å². The minimum Gasteiger partial charge on any atom is -0.364 e. The number of anilines is 1. The summed E-state index contributed by atoms with van der Waals surface area (Å²) in [4.78, 5) is 28.5. The van der Waals surface area contributed by atoms with Crippen molar-refractivity contribution in [1.29, 1.82) is 0 Å². The predicted octanol–water partition coefficient (Wildman–Crippen LogP) is 4.64. The highest BCUT2D eigenvalue weighted by Gasteiger charge is 2.54. The zero-order valence-electron chi connectivity index (χ0n) is 16.5. The van der Waals surface area contributed by atoms with Crippen molar-refractivity contribution in [1.82, 2.24) is 0 Å². The summed E-state index contributed by atoms with van der Waals surface area (Å²) < 4.78 is 0. The van der Waals surface area contributed by atoms with Gasteiger partial charge < -0.3 is 4.90 Å². The maximum absolute atomic E-state index is 13.0. The van der Waals surface area contributed by atoms with Gasteiger partial charge in [0.15, 0.2) is 0 Å². The Kier molecular flexibility index (Phi) is 4.05. The maximum Gasteiger partial charge on any atom is 0.138 e. The van der Waals surface area contributed by atoms with Crippen LogP contribution in [0.2, 0.25) is 0 Å². The number of nitrogens with zero attached hydrogens (tertiary/aromatic N) is 1. The topological polar surface area (TPSA) is 37.4 Å². The molecule has 1 saturated heterocycles. The van der Waals surface area contributed by atoms with Gasteiger partial charge in [-0.25, -0.2) is 0 Å². The molecule has 1 heterocycles. The molecule has 0 aromatic heterocycles. The minimum absolute atomic E-state index is 0.00893. The Morgan fingerprint density at radius 2 is 1.27 bits per heavy atom. The van der Waals surface area contributed by atoms with E-state index in [0.29, 0.717) is 24.4 Å². The van der Waals surface area contributed by atoms with Gasteiger partial charge >= 0.3 is 0 Å². The summed E-state index contributed by atoms with van der Waals surface area (Å²) in [6, 6.07) is 10.9. The van der Waals surface area contributed by atoms with Gasteiger partial charge in [0.25, 0.3) is 0 Å². The van der Waals surface area contributed by atoms with E-state index in [9.17, 15) is 9.59 Å². The highest BCUT2D eigenvalue weighted by atomic mass is 16.1. The largest absolute Gasteiger partial charge is 0.364 e. The second-order valence-corrected chi connectivity index (χ2v) is 10.3. The van der Waals surface area contributed by atoms with Crippen LogP contribution in [0, 0.1) is 22.7 Å². The molecule has 4 atom stereocenters. The van der Waals surface area contributed by atoms with Gasteiger partial charge in [0.1, 0.15) is 11.6 Å². The highest BCUT2D eigenvalue weighted by Crippen LogP contribution is 2.51. The summed E-state index contributed by atoms with van der Waals surface area (Å²) in [5.74, 6) is 0.746. The summed E-state index contributed by atoms with van der Waals surface area (Å²) in [5, 5.41) is 0. The third-order valence-corrected chi connectivity index (χ3v) is 6.86. The molecule has 2 aliphatic carbocycles. The fourth-order valence-corrected chi connectivity index (χ4v) is 5.86. The number of fused-ring (bicyclic) bond motifs is 2. The average molecular weight is 354 g/mol. The third-order valence-electron chi connectivity index (χ3n) is 6.86. The third kappa shape index (κ3) is 3.00. The Bertz CT molecular complexity index is 679. The SMILES string of the molecule is CC1(C)CC(=O)C2CC3C(=O)CC(C)(C)CC3N(c3ccccc3)C2C1. The molecule has 3 heteroatoms. The van der Waals surface area contributed by atoms with Crippen LogP contribution in [0.15, 0.2) is 30.3 Å². The standard InChI is InChI=1S/C23H31NO2/c1-22(2)11-18-16(20(25)13-22)10-17-19(12-23(3,4)14-21(17)26)24(18)15-8-6-5-7-9-15/h5-9,16-19H,10-14H2,1-4H3. The molecule has 26 heavy (non-hydrogen) atoms. The molecule has 3 nitrogen and oxygen atoms in total. The molecule has 2 saturated carbocycles. The van der Waals surface area contributed by atoms with Crippen LogP contribution in [-0.2, 0) is 9.59 Å². The number of Topliss-reactive ketones (excluding diaryl/α,β-unsaturated/α-hetero) is 2. The quantitative estimate of drug-likeness (QED) is 0.738. The van der Waals surface area contributed by atoms with E-state index >= 15 is 0 Å². The maximum atomic E-state index is 13.0. The first-order valence-corrected chi connectivity index (χ1v) is 10.1. The van der Waals surface area contributed by atoms with Gasteiger partial charge in [0.2, 0.25) is 0 Å². The van der Waals surface area contributed by atoms with Crippen molar-refractivity contribution in [2.24, 2.45) is 22.7 Å². The van der Waals surface area contributed by atoms with E-state index in [1.54, 1.807) is 0 Å². The Morgan fingerprint density at radius 3 is 1.73 bits per heavy atom. The van der Waals surface area contributed by atoms with Crippen LogP contribution in [0.25, 0.3) is 0 Å². The molecule has 0 N–H and O–H groups in total. The number of hydrogen-bond donors (Lipinski definition) is 0. The lowest BCUT2D eigenvalue weighted by Crippen LogP contribution is -2.64. The molecule has 1 aliphatic heterocycles. The van der Waals surface area contributed by atoms with E-state index in [2.05, 4.69) is 56.9 Å². The lowest BCUT2D eigenvalue weighted by atomic mass is 9.59. The number of carbonyl (C=O) groups excluding carboxylic acids is 2. The van der Waals surface area contributed by atoms with E-state index in [4.69, 9.17) is 0 Å². The molecule has 0 radical (unpaired) electrons. The van der Waals surface area contributed by atoms with Crippen molar-refractivity contribution in [3.63, 3.8) is 0 Å². The number of ketones is 2. The van der Waals surface area contributed by atoms with Crippen LogP contribution in [-0.4, -0.2) is 23.7 Å². The molecule has 1 aromatic carbocycles. The summed E-state index contributed by atoms with van der Waals surface area (Å²) in [5.41, 5.74) is 1.24. The van der Waals surface area contributed by atoms with Crippen LogP contribution >= 0.6 is 0 Å². The molecule has 1 aromatic rings.